The van der Waals surface area contributed by atoms with Crippen molar-refractivity contribution in [3.8, 4) is 0 Å². The lowest BCUT2D eigenvalue weighted by Crippen LogP contribution is -2.33. The maximum absolute atomic E-state index is 12.4. The molecule has 0 aliphatic heterocycles. The number of aromatic nitrogens is 1. The SMILES string of the molecule is FC(F)(F)CNC(c1ccc(Cl)cc1)c1ccccn1. The number of benzene rings is 1. The topological polar surface area (TPSA) is 24.9 Å². The van der Waals surface area contributed by atoms with Gasteiger partial charge in [-0.2, -0.15) is 13.2 Å². The minimum absolute atomic E-state index is 0.527. The summed E-state index contributed by atoms with van der Waals surface area (Å²) in [6, 6.07) is 11.2. The van der Waals surface area contributed by atoms with Crippen molar-refractivity contribution >= 4 is 11.6 Å². The summed E-state index contributed by atoms with van der Waals surface area (Å²) < 4.78 is 37.2. The minimum atomic E-state index is -4.28. The molecule has 106 valence electrons. The minimum Gasteiger partial charge on any atom is -0.297 e. The quantitative estimate of drug-likeness (QED) is 0.924. The second kappa shape index (κ2) is 6.24. The smallest absolute Gasteiger partial charge is 0.297 e. The van der Waals surface area contributed by atoms with E-state index in [2.05, 4.69) is 10.3 Å². The third-order valence-electron chi connectivity index (χ3n) is 2.69. The van der Waals surface area contributed by atoms with E-state index in [9.17, 15) is 13.2 Å². The second-order valence-electron chi connectivity index (χ2n) is 4.24. The largest absolute Gasteiger partial charge is 0.401 e. The number of halogens is 4. The van der Waals surface area contributed by atoms with Crippen LogP contribution in [0.3, 0.4) is 0 Å². The Morgan fingerprint density at radius 2 is 1.80 bits per heavy atom. The Balaban J connectivity index is 2.27. The van der Waals surface area contributed by atoms with Crippen LogP contribution in [0.2, 0.25) is 5.02 Å². The van der Waals surface area contributed by atoms with E-state index < -0.39 is 18.8 Å². The zero-order valence-corrected chi connectivity index (χ0v) is 11.1. The fourth-order valence-electron chi connectivity index (χ4n) is 1.81. The molecule has 0 saturated carbocycles. The first-order valence-electron chi connectivity index (χ1n) is 5.92. The molecule has 1 aromatic carbocycles. The lowest BCUT2D eigenvalue weighted by Gasteiger charge is -2.20. The van der Waals surface area contributed by atoms with E-state index in [1.54, 1.807) is 48.7 Å². The molecule has 2 nitrogen and oxygen atoms in total. The molecule has 1 unspecified atom stereocenters. The number of pyridine rings is 1. The molecule has 0 bridgehead atoms. The molecule has 0 radical (unpaired) electrons. The maximum Gasteiger partial charge on any atom is 0.401 e. The van der Waals surface area contributed by atoms with Crippen LogP contribution in [-0.4, -0.2) is 17.7 Å². The standard InChI is InChI=1S/C14H12ClF3N2/c15-11-6-4-10(5-7-11)13(20-9-14(16,17)18)12-3-1-2-8-19-12/h1-8,13,20H,9H2. The predicted molar refractivity (Wildman–Crippen MR) is 71.6 cm³/mol. The van der Waals surface area contributed by atoms with Gasteiger partial charge in [-0.25, -0.2) is 0 Å². The van der Waals surface area contributed by atoms with Gasteiger partial charge in [0.05, 0.1) is 18.3 Å². The summed E-state index contributed by atoms with van der Waals surface area (Å²) in [4.78, 5) is 4.12. The van der Waals surface area contributed by atoms with E-state index in [4.69, 9.17) is 11.6 Å². The van der Waals surface area contributed by atoms with Gasteiger partial charge < -0.3 is 0 Å². The molecule has 0 fully saturated rings. The first kappa shape index (κ1) is 14.8. The van der Waals surface area contributed by atoms with Crippen LogP contribution in [0.1, 0.15) is 17.3 Å². The van der Waals surface area contributed by atoms with Gasteiger partial charge in [0.2, 0.25) is 0 Å². The highest BCUT2D eigenvalue weighted by Gasteiger charge is 2.29. The molecular formula is C14H12ClF3N2. The summed E-state index contributed by atoms with van der Waals surface area (Å²) in [6.45, 7) is -1.09. The maximum atomic E-state index is 12.4. The van der Waals surface area contributed by atoms with Crippen molar-refractivity contribution in [2.75, 3.05) is 6.54 Å². The fourth-order valence-corrected chi connectivity index (χ4v) is 1.94. The molecule has 0 aliphatic carbocycles. The molecular weight excluding hydrogens is 289 g/mol. The van der Waals surface area contributed by atoms with Crippen LogP contribution in [0.4, 0.5) is 13.2 Å². The Labute approximate surface area is 119 Å². The third-order valence-corrected chi connectivity index (χ3v) is 2.95. The molecule has 2 aromatic rings. The third kappa shape index (κ3) is 4.21. The highest BCUT2D eigenvalue weighted by molar-refractivity contribution is 6.30. The fraction of sp³-hybridized carbons (Fsp3) is 0.214. The van der Waals surface area contributed by atoms with Crippen molar-refractivity contribution in [1.29, 1.82) is 0 Å². The highest BCUT2D eigenvalue weighted by atomic mass is 35.5. The van der Waals surface area contributed by atoms with Crippen LogP contribution in [0.25, 0.3) is 0 Å². The number of hydrogen-bond acceptors (Lipinski definition) is 2. The monoisotopic (exact) mass is 300 g/mol. The Kier molecular flexibility index (Phi) is 4.62. The summed E-state index contributed by atoms with van der Waals surface area (Å²) in [5, 5.41) is 3.01. The Hall–Kier alpha value is -1.59. The van der Waals surface area contributed by atoms with Crippen molar-refractivity contribution in [3.05, 3.63) is 64.9 Å². The average molecular weight is 301 g/mol. The van der Waals surface area contributed by atoms with E-state index >= 15 is 0 Å². The van der Waals surface area contributed by atoms with Crippen molar-refractivity contribution in [2.45, 2.75) is 12.2 Å². The van der Waals surface area contributed by atoms with Crippen LogP contribution in [-0.2, 0) is 0 Å². The van der Waals surface area contributed by atoms with Crippen molar-refractivity contribution in [1.82, 2.24) is 10.3 Å². The Bertz CT molecular complexity index is 541. The summed E-state index contributed by atoms with van der Waals surface area (Å²) in [6.07, 6.45) is -2.73. The van der Waals surface area contributed by atoms with Crippen LogP contribution >= 0.6 is 11.6 Å². The van der Waals surface area contributed by atoms with Gasteiger partial charge in [-0.05, 0) is 29.8 Å². The molecule has 0 spiro atoms. The van der Waals surface area contributed by atoms with Crippen molar-refractivity contribution in [2.24, 2.45) is 0 Å². The molecule has 2 rings (SSSR count). The van der Waals surface area contributed by atoms with E-state index in [0.29, 0.717) is 16.3 Å². The van der Waals surface area contributed by atoms with Crippen LogP contribution in [0.15, 0.2) is 48.7 Å². The van der Waals surface area contributed by atoms with E-state index in [1.165, 1.54) is 0 Å². The number of hydrogen-bond donors (Lipinski definition) is 1. The second-order valence-corrected chi connectivity index (χ2v) is 4.67. The normalized spacial score (nSPS) is 13.2. The zero-order chi connectivity index (χ0) is 14.6. The van der Waals surface area contributed by atoms with Gasteiger partial charge in [0.25, 0.3) is 0 Å². The van der Waals surface area contributed by atoms with Gasteiger partial charge in [0.1, 0.15) is 0 Å². The summed E-state index contributed by atoms with van der Waals surface area (Å²) in [5.74, 6) is 0. The van der Waals surface area contributed by atoms with Crippen LogP contribution < -0.4 is 5.32 Å². The Morgan fingerprint density at radius 1 is 1.10 bits per heavy atom. The number of rotatable bonds is 4. The van der Waals surface area contributed by atoms with Crippen molar-refractivity contribution < 1.29 is 13.2 Å². The summed E-state index contributed by atoms with van der Waals surface area (Å²) >= 11 is 5.80. The van der Waals surface area contributed by atoms with Gasteiger partial charge in [-0.15, -0.1) is 0 Å². The molecule has 1 heterocycles. The lowest BCUT2D eigenvalue weighted by molar-refractivity contribution is -0.125. The molecule has 0 aliphatic rings. The Morgan fingerprint density at radius 3 is 2.35 bits per heavy atom. The highest BCUT2D eigenvalue weighted by Crippen LogP contribution is 2.23. The van der Waals surface area contributed by atoms with E-state index in [0.717, 1.165) is 0 Å². The first-order chi connectivity index (χ1) is 9.46. The summed E-state index contributed by atoms with van der Waals surface area (Å²) in [7, 11) is 0. The number of nitrogens with one attached hydrogen (secondary N) is 1. The van der Waals surface area contributed by atoms with Gasteiger partial charge in [0, 0.05) is 11.2 Å². The zero-order valence-electron chi connectivity index (χ0n) is 10.4. The number of nitrogens with zero attached hydrogens (tertiary/aromatic N) is 1. The van der Waals surface area contributed by atoms with Crippen LogP contribution in [0, 0.1) is 0 Å². The molecule has 20 heavy (non-hydrogen) atoms. The first-order valence-corrected chi connectivity index (χ1v) is 6.30. The molecule has 1 aromatic heterocycles. The van der Waals surface area contributed by atoms with E-state index in [1.807, 2.05) is 0 Å². The van der Waals surface area contributed by atoms with Crippen LogP contribution in [0.5, 0.6) is 0 Å². The summed E-state index contributed by atoms with van der Waals surface area (Å²) in [5.41, 5.74) is 1.21. The van der Waals surface area contributed by atoms with Crippen molar-refractivity contribution in [3.63, 3.8) is 0 Å². The van der Waals surface area contributed by atoms with Gasteiger partial charge in [-0.1, -0.05) is 29.8 Å². The predicted octanol–water partition coefficient (Wildman–Crippen LogP) is 3.98. The number of alkyl halides is 3. The van der Waals surface area contributed by atoms with Gasteiger partial charge in [0.15, 0.2) is 0 Å². The molecule has 6 heteroatoms. The molecule has 0 saturated heterocycles. The molecule has 1 N–H and O–H groups in total. The molecule has 1 atom stereocenters. The van der Waals surface area contributed by atoms with Gasteiger partial charge >= 0.3 is 6.18 Å². The molecule has 0 amide bonds. The van der Waals surface area contributed by atoms with E-state index in [-0.39, 0.29) is 0 Å². The average Bonchev–Trinajstić information content (AvgIpc) is 2.41. The lowest BCUT2D eigenvalue weighted by atomic mass is 10.0. The van der Waals surface area contributed by atoms with Gasteiger partial charge in [-0.3, -0.25) is 10.3 Å².